The Morgan fingerprint density at radius 3 is 2.11 bits per heavy atom. The van der Waals surface area contributed by atoms with E-state index >= 15 is 0 Å². The van der Waals surface area contributed by atoms with Crippen LogP contribution in [0.3, 0.4) is 0 Å². The van der Waals surface area contributed by atoms with Crippen molar-refractivity contribution < 1.29 is 27.3 Å². The van der Waals surface area contributed by atoms with Gasteiger partial charge in [-0.3, -0.25) is 19.3 Å². The molecule has 1 aliphatic rings. The standard InChI is InChI=1S/C25H26N4O6S/c1-5-14(2)21(29-24(31)19-8-6-7-9-20(19)25(29)32)22(30)26-17-10-12-18(13-11-17)36(33,34)28-23-15(3)16(4)27-35-23/h6-14,21,28H,5H2,1-4H3,(H,26,30). The lowest BCUT2D eigenvalue weighted by atomic mass is 9.96. The van der Waals surface area contributed by atoms with Gasteiger partial charge in [0.1, 0.15) is 6.04 Å². The summed E-state index contributed by atoms with van der Waals surface area (Å²) in [4.78, 5) is 40.3. The number of hydrogen-bond donors (Lipinski definition) is 2. The summed E-state index contributed by atoms with van der Waals surface area (Å²) in [7, 11) is -3.95. The van der Waals surface area contributed by atoms with E-state index in [1.165, 1.54) is 24.3 Å². The van der Waals surface area contributed by atoms with Gasteiger partial charge in [0.2, 0.25) is 11.8 Å². The number of nitrogens with zero attached hydrogens (tertiary/aromatic N) is 2. The molecular weight excluding hydrogens is 484 g/mol. The Labute approximate surface area is 208 Å². The first kappa shape index (κ1) is 25.1. The van der Waals surface area contributed by atoms with Crippen LogP contribution >= 0.6 is 0 Å². The van der Waals surface area contributed by atoms with Crippen LogP contribution in [0.5, 0.6) is 0 Å². The zero-order chi connectivity index (χ0) is 26.2. The minimum absolute atomic E-state index is 0.0298. The number of aromatic nitrogens is 1. The molecule has 2 heterocycles. The van der Waals surface area contributed by atoms with E-state index < -0.39 is 33.8 Å². The van der Waals surface area contributed by atoms with Gasteiger partial charge in [-0.1, -0.05) is 37.6 Å². The number of benzene rings is 2. The molecular formula is C25H26N4O6S. The summed E-state index contributed by atoms with van der Waals surface area (Å²) in [5.74, 6) is -1.85. The highest BCUT2D eigenvalue weighted by Gasteiger charge is 2.44. The fourth-order valence-corrected chi connectivity index (χ4v) is 4.99. The van der Waals surface area contributed by atoms with Crippen molar-refractivity contribution >= 4 is 39.3 Å². The van der Waals surface area contributed by atoms with Crippen molar-refractivity contribution in [3.63, 3.8) is 0 Å². The van der Waals surface area contributed by atoms with Crippen LogP contribution in [-0.2, 0) is 14.8 Å². The maximum atomic E-state index is 13.3. The Hall–Kier alpha value is -3.99. The van der Waals surface area contributed by atoms with Gasteiger partial charge >= 0.3 is 0 Å². The van der Waals surface area contributed by atoms with E-state index in [1.807, 2.05) is 6.92 Å². The van der Waals surface area contributed by atoms with Gasteiger partial charge < -0.3 is 9.84 Å². The quantitative estimate of drug-likeness (QED) is 0.440. The van der Waals surface area contributed by atoms with Crippen molar-refractivity contribution in [2.24, 2.45) is 5.92 Å². The second kappa shape index (κ2) is 9.57. The molecule has 2 unspecified atom stereocenters. The van der Waals surface area contributed by atoms with Crippen molar-refractivity contribution in [3.8, 4) is 0 Å². The molecule has 36 heavy (non-hydrogen) atoms. The largest absolute Gasteiger partial charge is 0.337 e. The van der Waals surface area contributed by atoms with E-state index in [2.05, 4.69) is 15.2 Å². The molecule has 2 N–H and O–H groups in total. The number of hydrogen-bond acceptors (Lipinski definition) is 7. The highest BCUT2D eigenvalue weighted by atomic mass is 32.2. The van der Waals surface area contributed by atoms with Crippen LogP contribution in [0.1, 0.15) is 52.2 Å². The van der Waals surface area contributed by atoms with E-state index in [9.17, 15) is 22.8 Å². The van der Waals surface area contributed by atoms with E-state index in [-0.39, 0.29) is 27.8 Å². The maximum Gasteiger partial charge on any atom is 0.264 e. The molecule has 188 valence electrons. The van der Waals surface area contributed by atoms with Crippen molar-refractivity contribution in [1.29, 1.82) is 0 Å². The van der Waals surface area contributed by atoms with Gasteiger partial charge in [0.15, 0.2) is 0 Å². The molecule has 0 fully saturated rings. The number of carbonyl (C=O) groups is 3. The Morgan fingerprint density at radius 2 is 1.61 bits per heavy atom. The molecule has 0 radical (unpaired) electrons. The average molecular weight is 511 g/mol. The van der Waals surface area contributed by atoms with Crippen molar-refractivity contribution in [1.82, 2.24) is 10.1 Å². The van der Waals surface area contributed by atoms with Crippen LogP contribution in [0, 0.1) is 19.8 Å². The normalized spacial score (nSPS) is 14.9. The van der Waals surface area contributed by atoms with Gasteiger partial charge in [-0.25, -0.2) is 13.1 Å². The minimum Gasteiger partial charge on any atom is -0.337 e. The Balaban J connectivity index is 1.54. The third-order valence-corrected chi connectivity index (χ3v) is 7.72. The van der Waals surface area contributed by atoms with Gasteiger partial charge in [-0.05, 0) is 56.2 Å². The van der Waals surface area contributed by atoms with Gasteiger partial charge in [0.05, 0.1) is 21.7 Å². The third kappa shape index (κ3) is 4.49. The number of fused-ring (bicyclic) bond motifs is 1. The summed E-state index contributed by atoms with van der Waals surface area (Å²) in [5, 5.41) is 6.45. The first-order chi connectivity index (χ1) is 17.0. The van der Waals surface area contributed by atoms with Crippen molar-refractivity contribution in [2.75, 3.05) is 10.0 Å². The van der Waals surface area contributed by atoms with Gasteiger partial charge in [-0.2, -0.15) is 0 Å². The Kier molecular flexibility index (Phi) is 6.68. The van der Waals surface area contributed by atoms with Crippen LogP contribution in [0.2, 0.25) is 0 Å². The predicted molar refractivity (Wildman–Crippen MR) is 132 cm³/mol. The SMILES string of the molecule is CCC(C)C(C(=O)Nc1ccc(S(=O)(=O)Nc2onc(C)c2C)cc1)N1C(=O)c2ccccc2C1=O. The number of amides is 3. The van der Waals surface area contributed by atoms with Gasteiger partial charge in [0, 0.05) is 11.3 Å². The second-order valence-corrected chi connectivity index (χ2v) is 10.4. The highest BCUT2D eigenvalue weighted by Crippen LogP contribution is 2.29. The van der Waals surface area contributed by atoms with Crippen LogP contribution in [0.15, 0.2) is 57.9 Å². The summed E-state index contributed by atoms with van der Waals surface area (Å²) in [6.45, 7) is 7.04. The molecule has 1 aliphatic heterocycles. The molecule has 4 rings (SSSR count). The number of nitrogens with one attached hydrogen (secondary N) is 2. The molecule has 0 spiro atoms. The molecule has 10 nitrogen and oxygen atoms in total. The third-order valence-electron chi connectivity index (χ3n) is 6.37. The molecule has 3 aromatic rings. The van der Waals surface area contributed by atoms with E-state index in [4.69, 9.17) is 4.52 Å². The number of rotatable bonds is 8. The number of sulfonamides is 1. The van der Waals surface area contributed by atoms with Crippen LogP contribution in [0.4, 0.5) is 11.6 Å². The number of aryl methyl sites for hydroxylation is 1. The first-order valence-corrected chi connectivity index (χ1v) is 12.9. The van der Waals surface area contributed by atoms with E-state index in [0.29, 0.717) is 23.4 Å². The molecule has 3 amide bonds. The molecule has 11 heteroatoms. The Bertz CT molecular complexity index is 1410. The molecule has 2 atom stereocenters. The summed E-state index contributed by atoms with van der Waals surface area (Å²) >= 11 is 0. The number of anilines is 2. The molecule has 2 aromatic carbocycles. The van der Waals surface area contributed by atoms with E-state index in [0.717, 1.165) is 4.90 Å². The van der Waals surface area contributed by atoms with Gasteiger partial charge in [0.25, 0.3) is 21.8 Å². The molecule has 1 aromatic heterocycles. The second-order valence-electron chi connectivity index (χ2n) is 8.70. The highest BCUT2D eigenvalue weighted by molar-refractivity contribution is 7.92. The summed E-state index contributed by atoms with van der Waals surface area (Å²) in [6, 6.07) is 11.0. The predicted octanol–water partition coefficient (Wildman–Crippen LogP) is 3.74. The smallest absolute Gasteiger partial charge is 0.264 e. The summed E-state index contributed by atoms with van der Waals surface area (Å²) in [5.41, 5.74) is 1.99. The Morgan fingerprint density at radius 1 is 1.03 bits per heavy atom. The van der Waals surface area contributed by atoms with Crippen molar-refractivity contribution in [3.05, 3.63) is 70.9 Å². The van der Waals surface area contributed by atoms with Crippen molar-refractivity contribution in [2.45, 2.75) is 45.1 Å². The lowest BCUT2D eigenvalue weighted by Crippen LogP contribution is -2.50. The zero-order valence-electron chi connectivity index (χ0n) is 20.2. The maximum absolute atomic E-state index is 13.3. The van der Waals surface area contributed by atoms with Crippen LogP contribution in [-0.4, -0.2) is 42.2 Å². The average Bonchev–Trinajstić information content (AvgIpc) is 3.30. The molecule has 0 saturated carbocycles. The number of imide groups is 1. The summed E-state index contributed by atoms with van der Waals surface area (Å²) < 4.78 is 32.8. The minimum atomic E-state index is -3.95. The lowest BCUT2D eigenvalue weighted by Gasteiger charge is -2.29. The first-order valence-electron chi connectivity index (χ1n) is 11.4. The van der Waals surface area contributed by atoms with Crippen LogP contribution in [0.25, 0.3) is 0 Å². The van der Waals surface area contributed by atoms with Gasteiger partial charge in [-0.15, -0.1) is 0 Å². The number of carbonyl (C=O) groups excluding carboxylic acids is 3. The zero-order valence-corrected chi connectivity index (χ0v) is 21.0. The molecule has 0 bridgehead atoms. The fourth-order valence-electron chi connectivity index (χ4n) is 3.94. The molecule has 0 aliphatic carbocycles. The fraction of sp³-hybridized carbons (Fsp3) is 0.280. The van der Waals surface area contributed by atoms with Crippen LogP contribution < -0.4 is 10.0 Å². The lowest BCUT2D eigenvalue weighted by molar-refractivity contribution is -0.121. The van der Waals surface area contributed by atoms with E-state index in [1.54, 1.807) is 45.0 Å². The molecule has 0 saturated heterocycles. The summed E-state index contributed by atoms with van der Waals surface area (Å²) in [6.07, 6.45) is 0.550. The monoisotopic (exact) mass is 510 g/mol. The topological polar surface area (TPSA) is 139 Å².